The number of fused-ring (bicyclic) bond motifs is 1. The summed E-state index contributed by atoms with van der Waals surface area (Å²) in [7, 11) is 0. The van der Waals surface area contributed by atoms with Crippen molar-refractivity contribution >= 4 is 11.6 Å². The van der Waals surface area contributed by atoms with Crippen LogP contribution in [0.1, 0.15) is 5.56 Å². The summed E-state index contributed by atoms with van der Waals surface area (Å²) in [5, 5.41) is 0.829. The number of hydrogen-bond acceptors (Lipinski definition) is 1. The molecule has 0 saturated heterocycles. The number of benzene rings is 1. The minimum absolute atomic E-state index is 0.777. The molecule has 0 aliphatic carbocycles. The number of halogens is 1. The molecule has 0 amide bonds. The van der Waals surface area contributed by atoms with Crippen LogP contribution in [-0.4, -0.2) is 6.61 Å². The largest absolute Gasteiger partial charge is 0.493 e. The lowest BCUT2D eigenvalue weighted by molar-refractivity contribution is 0.357. The van der Waals surface area contributed by atoms with E-state index in [0.29, 0.717) is 0 Å². The Hall–Kier alpha value is -0.690. The van der Waals surface area contributed by atoms with E-state index in [1.807, 2.05) is 18.2 Å². The van der Waals surface area contributed by atoms with E-state index < -0.39 is 0 Å². The van der Waals surface area contributed by atoms with Gasteiger partial charge in [0, 0.05) is 17.0 Å². The van der Waals surface area contributed by atoms with Gasteiger partial charge in [-0.3, -0.25) is 0 Å². The Labute approximate surface area is 64.6 Å². The minimum Gasteiger partial charge on any atom is -0.493 e. The van der Waals surface area contributed by atoms with E-state index in [4.69, 9.17) is 16.3 Å². The second kappa shape index (κ2) is 2.17. The number of rotatable bonds is 0. The summed E-state index contributed by atoms with van der Waals surface area (Å²) in [6.07, 6.45) is 0.953. The van der Waals surface area contributed by atoms with Crippen molar-refractivity contribution in [2.24, 2.45) is 0 Å². The Morgan fingerprint density at radius 1 is 1.40 bits per heavy atom. The quantitative estimate of drug-likeness (QED) is 0.557. The molecule has 1 heterocycles. The zero-order chi connectivity index (χ0) is 6.97. The SMILES string of the molecule is Clc1cccc2c1CCO2. The summed E-state index contributed by atoms with van der Waals surface area (Å²) >= 11 is 5.89. The number of ether oxygens (including phenoxy) is 1. The maximum Gasteiger partial charge on any atom is 0.124 e. The predicted octanol–water partition coefficient (Wildman–Crippen LogP) is 2.27. The highest BCUT2D eigenvalue weighted by atomic mass is 35.5. The van der Waals surface area contributed by atoms with E-state index in [0.717, 1.165) is 29.4 Å². The molecule has 0 spiro atoms. The summed E-state index contributed by atoms with van der Waals surface area (Å²) in [5.74, 6) is 0.951. The molecule has 2 rings (SSSR count). The van der Waals surface area contributed by atoms with E-state index in [-0.39, 0.29) is 0 Å². The first-order chi connectivity index (χ1) is 4.88. The highest BCUT2D eigenvalue weighted by Crippen LogP contribution is 2.30. The van der Waals surface area contributed by atoms with Gasteiger partial charge >= 0.3 is 0 Å². The van der Waals surface area contributed by atoms with Crippen molar-refractivity contribution in [1.82, 2.24) is 0 Å². The highest BCUT2D eigenvalue weighted by Gasteiger charge is 2.13. The molecule has 0 bridgehead atoms. The average Bonchev–Trinajstić information content (AvgIpc) is 2.36. The van der Waals surface area contributed by atoms with Crippen LogP contribution in [0.3, 0.4) is 0 Å². The van der Waals surface area contributed by atoms with Gasteiger partial charge in [-0.25, -0.2) is 0 Å². The Kier molecular flexibility index (Phi) is 1.31. The van der Waals surface area contributed by atoms with Crippen molar-refractivity contribution in [2.45, 2.75) is 6.42 Å². The van der Waals surface area contributed by atoms with E-state index in [2.05, 4.69) is 0 Å². The topological polar surface area (TPSA) is 9.23 Å². The lowest BCUT2D eigenvalue weighted by Crippen LogP contribution is -1.85. The fourth-order valence-corrected chi connectivity index (χ4v) is 1.44. The molecule has 2 heteroatoms. The third-order valence-electron chi connectivity index (χ3n) is 1.69. The lowest BCUT2D eigenvalue weighted by atomic mass is 10.2. The summed E-state index contributed by atoms with van der Waals surface area (Å²) in [6, 6.07) is 5.76. The van der Waals surface area contributed by atoms with Gasteiger partial charge < -0.3 is 4.74 Å². The van der Waals surface area contributed by atoms with Gasteiger partial charge in [0.15, 0.2) is 0 Å². The van der Waals surface area contributed by atoms with E-state index in [1.54, 1.807) is 0 Å². The van der Waals surface area contributed by atoms with Crippen LogP contribution in [0.5, 0.6) is 5.75 Å². The van der Waals surface area contributed by atoms with Crippen LogP contribution in [0, 0.1) is 0 Å². The molecule has 0 fully saturated rings. The average molecular weight is 155 g/mol. The standard InChI is InChI=1S/C8H7ClO/c9-7-2-1-3-8-6(7)4-5-10-8/h1-3H,4-5H2. The fraction of sp³-hybridized carbons (Fsp3) is 0.250. The first-order valence-corrected chi connectivity index (χ1v) is 3.66. The van der Waals surface area contributed by atoms with Crippen molar-refractivity contribution in [2.75, 3.05) is 6.61 Å². The van der Waals surface area contributed by atoms with Gasteiger partial charge in [-0.2, -0.15) is 0 Å². The first kappa shape index (κ1) is 6.05. The molecule has 1 nitrogen and oxygen atoms in total. The van der Waals surface area contributed by atoms with Crippen LogP contribution in [0.4, 0.5) is 0 Å². The molecule has 0 aromatic heterocycles. The van der Waals surface area contributed by atoms with Crippen LogP contribution in [0.2, 0.25) is 5.02 Å². The van der Waals surface area contributed by atoms with Crippen molar-refractivity contribution < 1.29 is 4.74 Å². The third kappa shape index (κ3) is 0.781. The zero-order valence-corrected chi connectivity index (χ0v) is 6.19. The van der Waals surface area contributed by atoms with Crippen molar-refractivity contribution in [1.29, 1.82) is 0 Å². The molecule has 1 aliphatic heterocycles. The molecular weight excluding hydrogens is 148 g/mol. The van der Waals surface area contributed by atoms with Gasteiger partial charge in [-0.1, -0.05) is 17.7 Å². The van der Waals surface area contributed by atoms with Gasteiger partial charge in [0.1, 0.15) is 5.75 Å². The van der Waals surface area contributed by atoms with E-state index in [1.165, 1.54) is 0 Å². The van der Waals surface area contributed by atoms with E-state index >= 15 is 0 Å². The molecule has 1 aromatic carbocycles. The molecule has 10 heavy (non-hydrogen) atoms. The smallest absolute Gasteiger partial charge is 0.124 e. The third-order valence-corrected chi connectivity index (χ3v) is 2.04. The second-order valence-corrected chi connectivity index (χ2v) is 2.72. The number of hydrogen-bond donors (Lipinski definition) is 0. The van der Waals surface area contributed by atoms with Gasteiger partial charge in [0.05, 0.1) is 6.61 Å². The Morgan fingerprint density at radius 3 is 3.10 bits per heavy atom. The molecule has 52 valence electrons. The molecular formula is C8H7ClO. The van der Waals surface area contributed by atoms with Gasteiger partial charge in [0.2, 0.25) is 0 Å². The van der Waals surface area contributed by atoms with Gasteiger partial charge in [0.25, 0.3) is 0 Å². The lowest BCUT2D eigenvalue weighted by Gasteiger charge is -1.97. The molecule has 0 N–H and O–H groups in total. The monoisotopic (exact) mass is 154 g/mol. The predicted molar refractivity (Wildman–Crippen MR) is 40.7 cm³/mol. The summed E-state index contributed by atoms with van der Waals surface area (Å²) in [4.78, 5) is 0. The van der Waals surface area contributed by atoms with Crippen LogP contribution < -0.4 is 4.74 Å². The Bertz CT molecular complexity index is 257. The molecule has 0 atom stereocenters. The van der Waals surface area contributed by atoms with Crippen LogP contribution >= 0.6 is 11.6 Å². The first-order valence-electron chi connectivity index (χ1n) is 3.28. The fourth-order valence-electron chi connectivity index (χ4n) is 1.18. The van der Waals surface area contributed by atoms with E-state index in [9.17, 15) is 0 Å². The zero-order valence-electron chi connectivity index (χ0n) is 5.43. The van der Waals surface area contributed by atoms with Crippen molar-refractivity contribution in [3.05, 3.63) is 28.8 Å². The Morgan fingerprint density at radius 2 is 2.30 bits per heavy atom. The summed E-state index contributed by atoms with van der Waals surface area (Å²) in [6.45, 7) is 0.777. The van der Waals surface area contributed by atoms with Crippen LogP contribution in [0.15, 0.2) is 18.2 Å². The Balaban J connectivity index is 2.59. The molecule has 0 radical (unpaired) electrons. The van der Waals surface area contributed by atoms with Crippen molar-refractivity contribution in [3.63, 3.8) is 0 Å². The molecule has 1 aliphatic rings. The molecule has 0 saturated carbocycles. The van der Waals surface area contributed by atoms with Crippen LogP contribution in [-0.2, 0) is 6.42 Å². The molecule has 0 unspecified atom stereocenters. The second-order valence-electron chi connectivity index (χ2n) is 2.31. The summed E-state index contributed by atoms with van der Waals surface area (Å²) in [5.41, 5.74) is 1.16. The van der Waals surface area contributed by atoms with Gasteiger partial charge in [-0.15, -0.1) is 0 Å². The van der Waals surface area contributed by atoms with Gasteiger partial charge in [-0.05, 0) is 12.1 Å². The van der Waals surface area contributed by atoms with Crippen LogP contribution in [0.25, 0.3) is 0 Å². The normalized spacial score (nSPS) is 14.5. The minimum atomic E-state index is 0.777. The maximum atomic E-state index is 5.89. The maximum absolute atomic E-state index is 5.89. The summed E-state index contributed by atoms with van der Waals surface area (Å²) < 4.78 is 5.29. The van der Waals surface area contributed by atoms with Crippen molar-refractivity contribution in [3.8, 4) is 5.75 Å². The molecule has 1 aromatic rings. The highest BCUT2D eigenvalue weighted by molar-refractivity contribution is 6.31.